The summed E-state index contributed by atoms with van der Waals surface area (Å²) in [6, 6.07) is -0.0888. The second kappa shape index (κ2) is 6.86. The molecule has 0 bridgehead atoms. The number of aliphatic hydroxyl groups excluding tert-OH is 1. The van der Waals surface area contributed by atoms with Gasteiger partial charge in [-0.3, -0.25) is 4.79 Å². The lowest BCUT2D eigenvalue weighted by Gasteiger charge is -2.23. The zero-order valence-corrected chi connectivity index (χ0v) is 8.71. The van der Waals surface area contributed by atoms with Gasteiger partial charge in [-0.25, -0.2) is 0 Å². The van der Waals surface area contributed by atoms with Gasteiger partial charge in [-0.15, -0.1) is 0 Å². The van der Waals surface area contributed by atoms with E-state index >= 15 is 0 Å². The summed E-state index contributed by atoms with van der Waals surface area (Å²) in [5, 5.41) is 11.9. The van der Waals surface area contributed by atoms with Crippen molar-refractivity contribution >= 4 is 5.91 Å². The van der Waals surface area contributed by atoms with E-state index < -0.39 is 0 Å². The molecular formula is C9H20N2O2. The van der Waals surface area contributed by atoms with Crippen LogP contribution in [0, 0.1) is 0 Å². The van der Waals surface area contributed by atoms with E-state index in [-0.39, 0.29) is 18.6 Å². The first kappa shape index (κ1) is 12.4. The van der Waals surface area contributed by atoms with E-state index in [4.69, 9.17) is 5.11 Å². The van der Waals surface area contributed by atoms with Crippen molar-refractivity contribution in [2.45, 2.75) is 26.3 Å². The van der Waals surface area contributed by atoms with Crippen LogP contribution in [-0.4, -0.2) is 48.7 Å². The molecule has 4 nitrogen and oxygen atoms in total. The zero-order valence-electron chi connectivity index (χ0n) is 8.71. The number of carbonyl (C=O) groups excluding carboxylic acids is 1. The number of hydrogen-bond acceptors (Lipinski definition) is 3. The largest absolute Gasteiger partial charge is 0.394 e. The van der Waals surface area contributed by atoms with Crippen LogP contribution in [0.1, 0.15) is 20.3 Å². The van der Waals surface area contributed by atoms with Crippen LogP contribution in [0.2, 0.25) is 0 Å². The Morgan fingerprint density at radius 3 is 2.69 bits per heavy atom. The normalized spacial score (nSPS) is 12.6. The minimum Gasteiger partial charge on any atom is -0.394 e. The molecular weight excluding hydrogens is 168 g/mol. The van der Waals surface area contributed by atoms with Gasteiger partial charge in [0.2, 0.25) is 5.91 Å². The van der Waals surface area contributed by atoms with Crippen LogP contribution in [0.3, 0.4) is 0 Å². The third kappa shape index (κ3) is 4.85. The summed E-state index contributed by atoms with van der Waals surface area (Å²) in [5.41, 5.74) is 0. The molecule has 0 aromatic heterocycles. The molecule has 0 heterocycles. The van der Waals surface area contributed by atoms with E-state index in [1.165, 1.54) is 0 Å². The fourth-order valence-corrected chi connectivity index (χ4v) is 0.917. The molecule has 2 N–H and O–H groups in total. The number of hydrogen-bond donors (Lipinski definition) is 2. The average Bonchev–Trinajstić information content (AvgIpc) is 2.15. The summed E-state index contributed by atoms with van der Waals surface area (Å²) in [5.74, 6) is 0.0718. The zero-order chi connectivity index (χ0) is 10.3. The van der Waals surface area contributed by atoms with Crippen LogP contribution in [-0.2, 0) is 4.79 Å². The van der Waals surface area contributed by atoms with Crippen molar-refractivity contribution in [2.75, 3.05) is 26.7 Å². The number of likely N-dealkylation sites (N-methyl/N-ethyl adjacent to an activating group) is 1. The molecule has 0 radical (unpaired) electrons. The summed E-state index contributed by atoms with van der Waals surface area (Å²) in [6.07, 6.45) is 0.495. The highest BCUT2D eigenvalue weighted by atomic mass is 16.3. The van der Waals surface area contributed by atoms with Gasteiger partial charge in [0.15, 0.2) is 0 Å². The highest BCUT2D eigenvalue weighted by Crippen LogP contribution is 1.97. The summed E-state index contributed by atoms with van der Waals surface area (Å²) in [4.78, 5) is 13.0. The molecule has 0 rings (SSSR count). The van der Waals surface area contributed by atoms with Crippen LogP contribution in [0.5, 0.6) is 0 Å². The van der Waals surface area contributed by atoms with Gasteiger partial charge < -0.3 is 15.3 Å². The summed E-state index contributed by atoms with van der Waals surface area (Å²) in [7, 11) is 1.72. The summed E-state index contributed by atoms with van der Waals surface area (Å²) < 4.78 is 0. The van der Waals surface area contributed by atoms with Gasteiger partial charge in [0.1, 0.15) is 0 Å². The average molecular weight is 188 g/mol. The molecule has 1 atom stereocenters. The van der Waals surface area contributed by atoms with Crippen LogP contribution in [0.15, 0.2) is 0 Å². The van der Waals surface area contributed by atoms with E-state index in [0.29, 0.717) is 13.0 Å². The lowest BCUT2D eigenvalue weighted by Crippen LogP contribution is -2.38. The first-order chi connectivity index (χ1) is 6.13. The minimum absolute atomic E-state index is 0.0173. The maximum atomic E-state index is 11.4. The van der Waals surface area contributed by atoms with Crippen LogP contribution in [0.4, 0.5) is 0 Å². The molecule has 0 spiro atoms. The van der Waals surface area contributed by atoms with Crippen molar-refractivity contribution in [3.8, 4) is 0 Å². The van der Waals surface area contributed by atoms with E-state index in [1.807, 2.05) is 13.8 Å². The Morgan fingerprint density at radius 1 is 1.62 bits per heavy atom. The molecule has 4 heteroatoms. The molecule has 0 aliphatic rings. The molecule has 0 aromatic carbocycles. The van der Waals surface area contributed by atoms with Gasteiger partial charge in [0, 0.05) is 20.0 Å². The molecule has 13 heavy (non-hydrogen) atoms. The van der Waals surface area contributed by atoms with Gasteiger partial charge in [-0.05, 0) is 13.5 Å². The molecule has 0 saturated heterocycles. The Hall–Kier alpha value is -0.610. The first-order valence-electron chi connectivity index (χ1n) is 4.70. The second-order valence-corrected chi connectivity index (χ2v) is 3.14. The lowest BCUT2D eigenvalue weighted by atomic mass is 10.3. The van der Waals surface area contributed by atoms with Gasteiger partial charge in [0.25, 0.3) is 0 Å². The van der Waals surface area contributed by atoms with E-state index in [2.05, 4.69) is 5.32 Å². The predicted octanol–water partition coefficient (Wildman–Crippen LogP) is -0.175. The molecule has 1 amide bonds. The van der Waals surface area contributed by atoms with Gasteiger partial charge in [0.05, 0.1) is 12.6 Å². The minimum atomic E-state index is -0.0888. The monoisotopic (exact) mass is 188 g/mol. The first-order valence-corrected chi connectivity index (χ1v) is 4.70. The van der Waals surface area contributed by atoms with E-state index in [9.17, 15) is 4.79 Å². The van der Waals surface area contributed by atoms with Gasteiger partial charge in [-0.1, -0.05) is 6.92 Å². The summed E-state index contributed by atoms with van der Waals surface area (Å²) in [6.45, 7) is 5.43. The van der Waals surface area contributed by atoms with Crippen molar-refractivity contribution < 1.29 is 9.90 Å². The number of nitrogens with one attached hydrogen (secondary N) is 1. The van der Waals surface area contributed by atoms with Crippen molar-refractivity contribution in [1.29, 1.82) is 0 Å². The third-order valence-electron chi connectivity index (χ3n) is 2.08. The number of nitrogens with zero attached hydrogens (tertiary/aromatic N) is 1. The van der Waals surface area contributed by atoms with Crippen molar-refractivity contribution in [3.63, 3.8) is 0 Å². The maximum absolute atomic E-state index is 11.4. The van der Waals surface area contributed by atoms with Crippen molar-refractivity contribution in [2.24, 2.45) is 0 Å². The summed E-state index contributed by atoms with van der Waals surface area (Å²) >= 11 is 0. The van der Waals surface area contributed by atoms with Crippen LogP contribution < -0.4 is 5.32 Å². The number of carbonyl (C=O) groups is 1. The maximum Gasteiger partial charge on any atom is 0.223 e. The molecule has 0 aliphatic heterocycles. The number of rotatable bonds is 6. The topological polar surface area (TPSA) is 52.6 Å². The van der Waals surface area contributed by atoms with Crippen LogP contribution in [0.25, 0.3) is 0 Å². The Labute approximate surface area is 79.9 Å². The number of aliphatic hydroxyl groups is 1. The molecule has 1 unspecified atom stereocenters. The lowest BCUT2D eigenvalue weighted by molar-refractivity contribution is -0.132. The molecule has 0 saturated carbocycles. The van der Waals surface area contributed by atoms with E-state index in [0.717, 1.165) is 6.54 Å². The van der Waals surface area contributed by atoms with Crippen molar-refractivity contribution in [3.05, 3.63) is 0 Å². The fraction of sp³-hybridized carbons (Fsp3) is 0.889. The Bertz CT molecular complexity index is 151. The Morgan fingerprint density at radius 2 is 2.23 bits per heavy atom. The Kier molecular flexibility index (Phi) is 6.54. The predicted molar refractivity (Wildman–Crippen MR) is 52.5 cm³/mol. The SMILES string of the molecule is CCNCCC(=O)N(C)C(C)CO. The third-order valence-corrected chi connectivity index (χ3v) is 2.08. The van der Waals surface area contributed by atoms with E-state index in [1.54, 1.807) is 11.9 Å². The number of amides is 1. The van der Waals surface area contributed by atoms with Gasteiger partial charge in [-0.2, -0.15) is 0 Å². The quantitative estimate of drug-likeness (QED) is 0.569. The molecule has 78 valence electrons. The molecule has 0 aliphatic carbocycles. The Balaban J connectivity index is 3.69. The molecule has 0 aromatic rings. The second-order valence-electron chi connectivity index (χ2n) is 3.14. The highest BCUT2D eigenvalue weighted by molar-refractivity contribution is 5.76. The van der Waals surface area contributed by atoms with Crippen LogP contribution >= 0.6 is 0 Å². The molecule has 0 fully saturated rings. The fourth-order valence-electron chi connectivity index (χ4n) is 0.917. The smallest absolute Gasteiger partial charge is 0.223 e. The highest BCUT2D eigenvalue weighted by Gasteiger charge is 2.13. The van der Waals surface area contributed by atoms with Crippen molar-refractivity contribution in [1.82, 2.24) is 10.2 Å². The standard InChI is InChI=1S/C9H20N2O2/c1-4-10-6-5-9(13)11(3)8(2)7-12/h8,10,12H,4-7H2,1-3H3. The van der Waals surface area contributed by atoms with Gasteiger partial charge >= 0.3 is 0 Å².